The number of hydrogen-bond acceptors (Lipinski definition) is 0. The first kappa shape index (κ1) is 36.1. The van der Waals surface area contributed by atoms with Crippen LogP contribution in [0.3, 0.4) is 0 Å². The SMILES string of the molecule is CC1(C)c2cc(-c3ccc4c(c3)C(C)(C)C3C=C(c5cccc(-c6ccc7c(ccc8ccccc87)c6)c5)C=CC43C)ccc2-c2ccc(-c3ccc4ccccc4c3)cc21. The lowest BCUT2D eigenvalue weighted by atomic mass is 9.66. The Morgan fingerprint density at radius 2 is 0.885 bits per heavy atom. The molecule has 0 N–H and O–H groups in total. The van der Waals surface area contributed by atoms with E-state index in [0.717, 1.165) is 0 Å². The first-order valence-corrected chi connectivity index (χ1v) is 21.9. The van der Waals surface area contributed by atoms with Crippen LogP contribution in [0.15, 0.2) is 194 Å². The molecule has 61 heavy (non-hydrogen) atoms. The molecule has 0 heteroatoms. The molecular formula is C61H48. The fourth-order valence-electron chi connectivity index (χ4n) is 11.6. The van der Waals surface area contributed by atoms with E-state index >= 15 is 0 Å². The Kier molecular flexibility index (Phi) is 7.62. The molecule has 292 valence electrons. The average Bonchev–Trinajstić information content (AvgIpc) is 3.63. The molecular weight excluding hydrogens is 733 g/mol. The van der Waals surface area contributed by atoms with Crippen LogP contribution in [-0.4, -0.2) is 0 Å². The summed E-state index contributed by atoms with van der Waals surface area (Å²) in [7, 11) is 0. The van der Waals surface area contributed by atoms with E-state index in [-0.39, 0.29) is 16.2 Å². The Labute approximate surface area is 359 Å². The molecule has 0 radical (unpaired) electrons. The van der Waals surface area contributed by atoms with Crippen LogP contribution in [0.25, 0.3) is 82.4 Å². The molecule has 0 heterocycles. The van der Waals surface area contributed by atoms with Crippen LogP contribution in [-0.2, 0) is 16.2 Å². The van der Waals surface area contributed by atoms with E-state index < -0.39 is 0 Å². The quantitative estimate of drug-likeness (QED) is 0.156. The Hall–Kier alpha value is -6.76. The fourth-order valence-corrected chi connectivity index (χ4v) is 11.6. The van der Waals surface area contributed by atoms with Gasteiger partial charge < -0.3 is 0 Å². The van der Waals surface area contributed by atoms with Gasteiger partial charge in [-0.05, 0) is 152 Å². The molecule has 2 atom stereocenters. The van der Waals surface area contributed by atoms with Crippen molar-refractivity contribution in [3.05, 3.63) is 222 Å². The van der Waals surface area contributed by atoms with Crippen molar-refractivity contribution in [2.45, 2.75) is 50.9 Å². The zero-order chi connectivity index (χ0) is 41.3. The van der Waals surface area contributed by atoms with Crippen LogP contribution in [0.4, 0.5) is 0 Å². The fraction of sp³-hybridized carbons (Fsp3) is 0.148. The van der Waals surface area contributed by atoms with Crippen molar-refractivity contribution in [2.75, 3.05) is 0 Å². The first-order valence-electron chi connectivity index (χ1n) is 21.9. The summed E-state index contributed by atoms with van der Waals surface area (Å²) >= 11 is 0. The smallest absolute Gasteiger partial charge is 0.0181 e. The highest BCUT2D eigenvalue weighted by Gasteiger charge is 2.52. The Morgan fingerprint density at radius 3 is 1.64 bits per heavy atom. The van der Waals surface area contributed by atoms with Gasteiger partial charge in [0.2, 0.25) is 0 Å². The van der Waals surface area contributed by atoms with Crippen LogP contribution in [0.2, 0.25) is 0 Å². The largest absolute Gasteiger partial charge is 0.0730 e. The summed E-state index contributed by atoms with van der Waals surface area (Å²) in [6.07, 6.45) is 7.45. The molecule has 0 aliphatic heterocycles. The van der Waals surface area contributed by atoms with Crippen LogP contribution >= 0.6 is 0 Å². The van der Waals surface area contributed by atoms with Crippen LogP contribution < -0.4 is 0 Å². The third-order valence-electron chi connectivity index (χ3n) is 15.0. The summed E-state index contributed by atoms with van der Waals surface area (Å²) in [5, 5.41) is 7.73. The first-order chi connectivity index (χ1) is 29.6. The number of hydrogen-bond donors (Lipinski definition) is 0. The van der Waals surface area contributed by atoms with Crippen molar-refractivity contribution in [1.29, 1.82) is 0 Å². The topological polar surface area (TPSA) is 0 Å². The molecule has 12 rings (SSSR count). The van der Waals surface area contributed by atoms with Gasteiger partial charge in [0.15, 0.2) is 0 Å². The summed E-state index contributed by atoms with van der Waals surface area (Å²) < 4.78 is 0. The zero-order valence-corrected chi connectivity index (χ0v) is 35.6. The molecule has 2 unspecified atom stereocenters. The van der Waals surface area contributed by atoms with Gasteiger partial charge >= 0.3 is 0 Å². The van der Waals surface area contributed by atoms with Gasteiger partial charge in [-0.25, -0.2) is 0 Å². The van der Waals surface area contributed by atoms with E-state index in [1.165, 1.54) is 110 Å². The normalized spacial score (nSPS) is 19.1. The molecule has 0 fully saturated rings. The molecule has 0 nitrogen and oxygen atoms in total. The molecule has 0 saturated carbocycles. The van der Waals surface area contributed by atoms with Crippen molar-refractivity contribution in [2.24, 2.45) is 5.92 Å². The Morgan fingerprint density at radius 1 is 0.361 bits per heavy atom. The number of fused-ring (bicyclic) bond motifs is 10. The lowest BCUT2D eigenvalue weighted by Gasteiger charge is -2.37. The second-order valence-corrected chi connectivity index (χ2v) is 19.2. The highest BCUT2D eigenvalue weighted by Crippen LogP contribution is 2.58. The van der Waals surface area contributed by atoms with Crippen molar-refractivity contribution in [3.8, 4) is 44.5 Å². The van der Waals surface area contributed by atoms with Gasteiger partial charge in [-0.15, -0.1) is 0 Å². The number of allylic oxidation sites excluding steroid dienone is 4. The van der Waals surface area contributed by atoms with Crippen molar-refractivity contribution >= 4 is 37.9 Å². The van der Waals surface area contributed by atoms with Gasteiger partial charge in [-0.2, -0.15) is 0 Å². The second-order valence-electron chi connectivity index (χ2n) is 19.2. The highest BCUT2D eigenvalue weighted by atomic mass is 14.5. The highest BCUT2D eigenvalue weighted by molar-refractivity contribution is 6.08. The van der Waals surface area contributed by atoms with E-state index in [2.05, 4.69) is 229 Å². The molecule has 0 aromatic heterocycles. The number of rotatable bonds is 4. The van der Waals surface area contributed by atoms with Gasteiger partial charge in [0.1, 0.15) is 0 Å². The van der Waals surface area contributed by atoms with Crippen molar-refractivity contribution in [1.82, 2.24) is 0 Å². The molecule has 0 amide bonds. The predicted octanol–water partition coefficient (Wildman–Crippen LogP) is 16.3. The number of benzene rings is 9. The maximum absolute atomic E-state index is 2.58. The second kappa shape index (κ2) is 12.9. The van der Waals surface area contributed by atoms with Gasteiger partial charge in [-0.3, -0.25) is 0 Å². The summed E-state index contributed by atoms with van der Waals surface area (Å²) in [6, 6.07) is 66.3. The standard InChI is InChI=1S/C61H48/c1-59(2)55-34-45(43-19-17-38-11-6-7-13-40(38)31-43)22-26-52(55)53-27-23-46(35-56(53)59)47-24-28-54-57(36-47)60(3,4)58-37-48(29-30-61(54,58)5)42-15-10-14-41(32-42)44-21-25-51-49(33-44)20-18-39-12-8-9-16-50(39)51/h6-37,58H,1-5H3. The third kappa shape index (κ3) is 5.38. The lowest BCUT2D eigenvalue weighted by molar-refractivity contribution is 0.325. The van der Waals surface area contributed by atoms with Crippen LogP contribution in [0, 0.1) is 5.92 Å². The van der Waals surface area contributed by atoms with Crippen LogP contribution in [0.5, 0.6) is 0 Å². The van der Waals surface area contributed by atoms with Gasteiger partial charge in [0, 0.05) is 10.8 Å². The monoisotopic (exact) mass is 780 g/mol. The van der Waals surface area contributed by atoms with E-state index in [9.17, 15) is 0 Å². The third-order valence-corrected chi connectivity index (χ3v) is 15.0. The molecule has 9 aromatic carbocycles. The minimum atomic E-state index is -0.113. The predicted molar refractivity (Wildman–Crippen MR) is 260 cm³/mol. The van der Waals surface area contributed by atoms with Crippen molar-refractivity contribution < 1.29 is 0 Å². The molecule has 9 aromatic rings. The van der Waals surface area contributed by atoms with Gasteiger partial charge in [0.05, 0.1) is 0 Å². The minimum absolute atomic E-state index is 0.0553. The summed E-state index contributed by atoms with van der Waals surface area (Å²) in [5.41, 5.74) is 18.4. The lowest BCUT2D eigenvalue weighted by Crippen LogP contribution is -2.34. The van der Waals surface area contributed by atoms with E-state index in [0.29, 0.717) is 5.92 Å². The van der Waals surface area contributed by atoms with Gasteiger partial charge in [0.25, 0.3) is 0 Å². The van der Waals surface area contributed by atoms with E-state index in [1.54, 1.807) is 0 Å². The minimum Gasteiger partial charge on any atom is -0.0730 e. The Bertz CT molecular complexity index is 3380. The molecule has 0 spiro atoms. The maximum atomic E-state index is 2.58. The van der Waals surface area contributed by atoms with Crippen molar-refractivity contribution in [3.63, 3.8) is 0 Å². The molecule has 3 aliphatic carbocycles. The van der Waals surface area contributed by atoms with Crippen LogP contribution in [0.1, 0.15) is 62.4 Å². The summed E-state index contributed by atoms with van der Waals surface area (Å²) in [4.78, 5) is 0. The maximum Gasteiger partial charge on any atom is 0.0181 e. The van der Waals surface area contributed by atoms with Gasteiger partial charge in [-0.1, -0.05) is 198 Å². The zero-order valence-electron chi connectivity index (χ0n) is 35.6. The molecule has 0 bridgehead atoms. The molecule has 3 aliphatic rings. The van der Waals surface area contributed by atoms with E-state index in [4.69, 9.17) is 0 Å². The molecule has 0 saturated heterocycles. The Balaban J connectivity index is 0.854. The summed E-state index contributed by atoms with van der Waals surface area (Å²) in [5.74, 6) is 0.327. The average molecular weight is 781 g/mol. The summed E-state index contributed by atoms with van der Waals surface area (Å²) in [6.45, 7) is 12.2. The van der Waals surface area contributed by atoms with E-state index in [1.807, 2.05) is 0 Å².